The number of pyridine rings is 1. The van der Waals surface area contributed by atoms with Gasteiger partial charge in [-0.1, -0.05) is 97.1 Å². The molecule has 3 nitrogen and oxygen atoms in total. The highest BCUT2D eigenvalue weighted by molar-refractivity contribution is 6.16. The number of aromatic nitrogens is 1. The second-order valence-corrected chi connectivity index (χ2v) is 13.3. The second-order valence-electron chi connectivity index (χ2n) is 13.3. The van der Waals surface area contributed by atoms with Gasteiger partial charge in [-0.2, -0.15) is 0 Å². The van der Waals surface area contributed by atoms with Gasteiger partial charge in [-0.05, 0) is 118 Å². The van der Waals surface area contributed by atoms with Crippen molar-refractivity contribution in [1.82, 2.24) is 4.98 Å². The third kappa shape index (κ3) is 5.10. The SMILES string of the molecule is Cc1cccnc1-c1cccc(-c2ccc3oc4cc5oc6ccc(-c7cc(-c8ccccc8)cc(-c8ccccc8)c7)cc6c5cc4c3c2)c1. The quantitative estimate of drug-likeness (QED) is 0.186. The molecule has 51 heavy (non-hydrogen) atoms. The van der Waals surface area contributed by atoms with E-state index in [2.05, 4.69) is 164 Å². The molecule has 3 aromatic heterocycles. The summed E-state index contributed by atoms with van der Waals surface area (Å²) in [5, 5.41) is 4.31. The minimum atomic E-state index is 0.815. The summed E-state index contributed by atoms with van der Waals surface area (Å²) in [5.41, 5.74) is 15.9. The average molecular weight is 654 g/mol. The molecule has 0 unspecified atom stereocenters. The van der Waals surface area contributed by atoms with Gasteiger partial charge in [0.05, 0.1) is 5.69 Å². The molecule has 10 aromatic rings. The number of hydrogen-bond acceptors (Lipinski definition) is 3. The van der Waals surface area contributed by atoms with E-state index in [4.69, 9.17) is 8.83 Å². The number of aryl methyl sites for hydroxylation is 1. The summed E-state index contributed by atoms with van der Waals surface area (Å²) < 4.78 is 12.8. The van der Waals surface area contributed by atoms with Crippen molar-refractivity contribution in [2.24, 2.45) is 0 Å². The van der Waals surface area contributed by atoms with Crippen LogP contribution < -0.4 is 0 Å². The van der Waals surface area contributed by atoms with E-state index in [1.165, 1.54) is 22.3 Å². The zero-order chi connectivity index (χ0) is 33.9. The highest BCUT2D eigenvalue weighted by Crippen LogP contribution is 2.40. The number of nitrogens with zero attached hydrogens (tertiary/aromatic N) is 1. The summed E-state index contributed by atoms with van der Waals surface area (Å²) in [5.74, 6) is 0. The highest BCUT2D eigenvalue weighted by Gasteiger charge is 2.16. The normalized spacial score (nSPS) is 11.6. The lowest BCUT2D eigenvalue weighted by Gasteiger charge is -2.11. The molecule has 0 fully saturated rings. The molecule has 240 valence electrons. The van der Waals surface area contributed by atoms with Crippen LogP contribution in [-0.2, 0) is 0 Å². The molecule has 0 amide bonds. The van der Waals surface area contributed by atoms with E-state index in [1.807, 2.05) is 18.3 Å². The minimum absolute atomic E-state index is 0.815. The fourth-order valence-electron chi connectivity index (χ4n) is 7.43. The van der Waals surface area contributed by atoms with Crippen LogP contribution in [0.1, 0.15) is 5.56 Å². The van der Waals surface area contributed by atoms with Crippen LogP contribution in [-0.4, -0.2) is 4.98 Å². The first-order valence-corrected chi connectivity index (χ1v) is 17.3. The molecule has 0 N–H and O–H groups in total. The van der Waals surface area contributed by atoms with E-state index in [9.17, 15) is 0 Å². The Hall–Kier alpha value is -6.71. The van der Waals surface area contributed by atoms with E-state index in [0.717, 1.165) is 83.0 Å². The van der Waals surface area contributed by atoms with E-state index in [1.54, 1.807) is 0 Å². The molecule has 10 rings (SSSR count). The number of fused-ring (bicyclic) bond motifs is 6. The van der Waals surface area contributed by atoms with Crippen molar-refractivity contribution in [3.05, 3.63) is 176 Å². The molecular weight excluding hydrogens is 623 g/mol. The Morgan fingerprint density at radius 1 is 0.333 bits per heavy atom. The van der Waals surface area contributed by atoms with Crippen LogP contribution in [0.25, 0.3) is 99.6 Å². The molecule has 3 heteroatoms. The number of benzene rings is 7. The van der Waals surface area contributed by atoms with Crippen molar-refractivity contribution in [1.29, 1.82) is 0 Å². The van der Waals surface area contributed by atoms with Crippen LogP contribution in [0.3, 0.4) is 0 Å². The molecule has 0 aliphatic carbocycles. The molecule has 0 bridgehead atoms. The summed E-state index contributed by atoms with van der Waals surface area (Å²) in [6.45, 7) is 2.10. The largest absolute Gasteiger partial charge is 0.456 e. The Morgan fingerprint density at radius 2 is 0.804 bits per heavy atom. The van der Waals surface area contributed by atoms with Crippen molar-refractivity contribution in [2.75, 3.05) is 0 Å². The van der Waals surface area contributed by atoms with Crippen molar-refractivity contribution in [3.8, 4) is 55.8 Å². The molecule has 0 saturated carbocycles. The molecule has 7 aromatic carbocycles. The van der Waals surface area contributed by atoms with Crippen LogP contribution in [0.15, 0.2) is 179 Å². The third-order valence-electron chi connectivity index (χ3n) is 10.0. The van der Waals surface area contributed by atoms with Crippen molar-refractivity contribution in [3.63, 3.8) is 0 Å². The summed E-state index contributed by atoms with van der Waals surface area (Å²) >= 11 is 0. The molecular formula is C48H31NO2. The van der Waals surface area contributed by atoms with Crippen molar-refractivity contribution in [2.45, 2.75) is 6.92 Å². The van der Waals surface area contributed by atoms with Gasteiger partial charge in [0.1, 0.15) is 22.3 Å². The highest BCUT2D eigenvalue weighted by atomic mass is 16.3. The number of rotatable bonds is 5. The van der Waals surface area contributed by atoms with Gasteiger partial charge in [0, 0.05) is 39.4 Å². The Bertz CT molecular complexity index is 2860. The van der Waals surface area contributed by atoms with Gasteiger partial charge in [-0.25, -0.2) is 0 Å². The van der Waals surface area contributed by atoms with Gasteiger partial charge in [0.15, 0.2) is 0 Å². The fourth-order valence-corrected chi connectivity index (χ4v) is 7.43. The maximum absolute atomic E-state index is 6.43. The summed E-state index contributed by atoms with van der Waals surface area (Å²) in [6.07, 6.45) is 1.85. The predicted octanol–water partition coefficient (Wildman–Crippen LogP) is 13.5. The zero-order valence-electron chi connectivity index (χ0n) is 27.9. The van der Waals surface area contributed by atoms with Crippen LogP contribution in [0.5, 0.6) is 0 Å². The van der Waals surface area contributed by atoms with Crippen molar-refractivity contribution >= 4 is 43.9 Å². The van der Waals surface area contributed by atoms with E-state index in [0.29, 0.717) is 0 Å². The predicted molar refractivity (Wildman–Crippen MR) is 211 cm³/mol. The molecule has 0 atom stereocenters. The molecule has 0 spiro atoms. The minimum Gasteiger partial charge on any atom is -0.456 e. The van der Waals surface area contributed by atoms with Gasteiger partial charge in [0.2, 0.25) is 0 Å². The van der Waals surface area contributed by atoms with Crippen LogP contribution in [0, 0.1) is 6.92 Å². The molecule has 0 radical (unpaired) electrons. The monoisotopic (exact) mass is 653 g/mol. The first kappa shape index (κ1) is 29.2. The lowest BCUT2D eigenvalue weighted by Crippen LogP contribution is -1.88. The molecule has 0 saturated heterocycles. The average Bonchev–Trinajstić information content (AvgIpc) is 3.74. The number of furan rings is 2. The smallest absolute Gasteiger partial charge is 0.139 e. The van der Waals surface area contributed by atoms with Gasteiger partial charge >= 0.3 is 0 Å². The summed E-state index contributed by atoms with van der Waals surface area (Å²) in [4.78, 5) is 4.65. The van der Waals surface area contributed by atoms with E-state index in [-0.39, 0.29) is 0 Å². The van der Waals surface area contributed by atoms with Gasteiger partial charge in [0.25, 0.3) is 0 Å². The first-order chi connectivity index (χ1) is 25.1. The molecule has 0 aliphatic rings. The first-order valence-electron chi connectivity index (χ1n) is 17.3. The Labute approximate surface area is 295 Å². The lowest BCUT2D eigenvalue weighted by atomic mass is 9.93. The van der Waals surface area contributed by atoms with Gasteiger partial charge in [-0.15, -0.1) is 0 Å². The van der Waals surface area contributed by atoms with Crippen LogP contribution in [0.4, 0.5) is 0 Å². The topological polar surface area (TPSA) is 39.2 Å². The Kier molecular flexibility index (Phi) is 6.71. The van der Waals surface area contributed by atoms with Crippen LogP contribution in [0.2, 0.25) is 0 Å². The lowest BCUT2D eigenvalue weighted by molar-refractivity contribution is 0.656. The fraction of sp³-hybridized carbons (Fsp3) is 0.0208. The standard InChI is InChI=1S/C48H31NO2/c1-30-10-9-21-49-48(30)36-16-8-15-33(22-36)34-17-19-44-40(26-34)42-28-43-41-27-35(18-20-45(41)51-47(43)29-46(42)50-44)39-24-37(31-11-4-2-5-12-31)23-38(25-39)32-13-6-3-7-14-32/h2-29H,1H3. The summed E-state index contributed by atoms with van der Waals surface area (Å²) in [6, 6.07) is 58.0. The van der Waals surface area contributed by atoms with Gasteiger partial charge < -0.3 is 8.83 Å². The molecule has 3 heterocycles. The Balaban J connectivity index is 1.11. The number of hydrogen-bond donors (Lipinski definition) is 0. The van der Waals surface area contributed by atoms with Crippen molar-refractivity contribution < 1.29 is 8.83 Å². The maximum atomic E-state index is 6.43. The molecule has 0 aliphatic heterocycles. The van der Waals surface area contributed by atoms with E-state index < -0.39 is 0 Å². The van der Waals surface area contributed by atoms with Crippen LogP contribution >= 0.6 is 0 Å². The second kappa shape index (κ2) is 11.7. The third-order valence-corrected chi connectivity index (χ3v) is 10.0. The maximum Gasteiger partial charge on any atom is 0.139 e. The Morgan fingerprint density at radius 3 is 1.39 bits per heavy atom. The van der Waals surface area contributed by atoms with E-state index >= 15 is 0 Å². The van der Waals surface area contributed by atoms with Gasteiger partial charge in [-0.3, -0.25) is 4.98 Å². The summed E-state index contributed by atoms with van der Waals surface area (Å²) in [7, 11) is 0. The zero-order valence-corrected chi connectivity index (χ0v) is 27.9.